The van der Waals surface area contributed by atoms with Crippen molar-refractivity contribution in [2.75, 3.05) is 11.9 Å². The fourth-order valence-corrected chi connectivity index (χ4v) is 2.55. The van der Waals surface area contributed by atoms with Gasteiger partial charge in [-0.2, -0.15) is 0 Å². The number of para-hydroxylation sites is 1. The lowest BCUT2D eigenvalue weighted by molar-refractivity contribution is 0.207. The van der Waals surface area contributed by atoms with E-state index in [1.54, 1.807) is 29.8 Å². The molecule has 6 nitrogen and oxygen atoms in total. The normalized spacial score (nSPS) is 10.4. The van der Waals surface area contributed by atoms with Gasteiger partial charge in [0, 0.05) is 50.1 Å². The van der Waals surface area contributed by atoms with Gasteiger partial charge in [-0.25, -0.2) is 9.78 Å². The van der Waals surface area contributed by atoms with Gasteiger partial charge in [-0.3, -0.25) is 4.98 Å². The predicted octanol–water partition coefficient (Wildman–Crippen LogP) is 3.40. The molecule has 0 aliphatic heterocycles. The van der Waals surface area contributed by atoms with Gasteiger partial charge in [0.15, 0.2) is 0 Å². The van der Waals surface area contributed by atoms with Gasteiger partial charge in [-0.05, 0) is 30.2 Å². The van der Waals surface area contributed by atoms with E-state index >= 15 is 0 Å². The molecule has 128 valence electrons. The van der Waals surface area contributed by atoms with Crippen molar-refractivity contribution in [3.8, 4) is 0 Å². The minimum absolute atomic E-state index is 0.110. The van der Waals surface area contributed by atoms with E-state index in [1.165, 1.54) is 0 Å². The zero-order valence-corrected chi connectivity index (χ0v) is 14.0. The molecule has 0 saturated heterocycles. The summed E-state index contributed by atoms with van der Waals surface area (Å²) in [5.74, 6) is 0. The summed E-state index contributed by atoms with van der Waals surface area (Å²) in [5.41, 5.74) is 1.80. The first-order valence-corrected chi connectivity index (χ1v) is 8.27. The number of hydrogen-bond acceptors (Lipinski definition) is 3. The van der Waals surface area contributed by atoms with Crippen LogP contribution in [0.2, 0.25) is 0 Å². The van der Waals surface area contributed by atoms with Crippen LogP contribution in [0.3, 0.4) is 0 Å². The second kappa shape index (κ2) is 8.63. The highest BCUT2D eigenvalue weighted by Crippen LogP contribution is 2.10. The number of carbonyl (C=O) groups is 1. The molecule has 0 aliphatic rings. The van der Waals surface area contributed by atoms with E-state index in [0.29, 0.717) is 13.1 Å². The smallest absolute Gasteiger partial charge is 0.322 e. The molecule has 0 unspecified atom stereocenters. The minimum Gasteiger partial charge on any atom is -0.337 e. The Labute approximate surface area is 147 Å². The standard InChI is InChI=1S/C19H21N5O/c25-19(22-18-7-2-1-3-8-18)24(15-17-6-4-9-20-14-17)12-5-11-23-13-10-21-16-23/h1-4,6-10,13-14,16H,5,11-12,15H2,(H,22,25). The van der Waals surface area contributed by atoms with E-state index in [0.717, 1.165) is 24.2 Å². The Kier molecular flexibility index (Phi) is 5.77. The minimum atomic E-state index is -0.110. The first kappa shape index (κ1) is 16.7. The van der Waals surface area contributed by atoms with Crippen molar-refractivity contribution in [1.82, 2.24) is 19.4 Å². The molecule has 0 aliphatic carbocycles. The van der Waals surface area contributed by atoms with E-state index in [2.05, 4.69) is 15.3 Å². The first-order valence-electron chi connectivity index (χ1n) is 8.27. The number of nitrogens with one attached hydrogen (secondary N) is 1. The van der Waals surface area contributed by atoms with Crippen molar-refractivity contribution < 1.29 is 4.79 Å². The number of imidazole rings is 1. The van der Waals surface area contributed by atoms with Gasteiger partial charge in [0.1, 0.15) is 0 Å². The number of hydrogen-bond donors (Lipinski definition) is 1. The van der Waals surface area contributed by atoms with Gasteiger partial charge in [0.2, 0.25) is 0 Å². The Morgan fingerprint density at radius 3 is 2.68 bits per heavy atom. The summed E-state index contributed by atoms with van der Waals surface area (Å²) < 4.78 is 2.01. The van der Waals surface area contributed by atoms with Crippen molar-refractivity contribution in [2.24, 2.45) is 0 Å². The lowest BCUT2D eigenvalue weighted by Gasteiger charge is -2.23. The molecule has 0 saturated carbocycles. The van der Waals surface area contributed by atoms with Crippen LogP contribution in [-0.2, 0) is 13.1 Å². The molecule has 0 fully saturated rings. The highest BCUT2D eigenvalue weighted by atomic mass is 16.2. The summed E-state index contributed by atoms with van der Waals surface area (Å²) in [6, 6.07) is 13.2. The Bertz CT molecular complexity index is 759. The largest absolute Gasteiger partial charge is 0.337 e. The number of rotatable bonds is 7. The van der Waals surface area contributed by atoms with Crippen LogP contribution in [0.1, 0.15) is 12.0 Å². The monoisotopic (exact) mass is 335 g/mol. The van der Waals surface area contributed by atoms with Gasteiger partial charge >= 0.3 is 6.03 Å². The fraction of sp³-hybridized carbons (Fsp3) is 0.211. The van der Waals surface area contributed by atoms with Crippen LogP contribution >= 0.6 is 0 Å². The lowest BCUT2D eigenvalue weighted by Crippen LogP contribution is -2.35. The molecule has 3 aromatic rings. The third-order valence-electron chi connectivity index (χ3n) is 3.81. The fourth-order valence-electron chi connectivity index (χ4n) is 2.55. The van der Waals surface area contributed by atoms with E-state index in [4.69, 9.17) is 0 Å². The van der Waals surface area contributed by atoms with Gasteiger partial charge in [-0.15, -0.1) is 0 Å². The third-order valence-corrected chi connectivity index (χ3v) is 3.81. The SMILES string of the molecule is O=C(Nc1ccccc1)N(CCCn1ccnc1)Cc1cccnc1. The predicted molar refractivity (Wildman–Crippen MR) is 97.0 cm³/mol. The molecule has 0 radical (unpaired) electrons. The average Bonchev–Trinajstić information content (AvgIpc) is 3.16. The Balaban J connectivity index is 1.63. The number of pyridine rings is 1. The van der Waals surface area contributed by atoms with Gasteiger partial charge in [0.25, 0.3) is 0 Å². The average molecular weight is 335 g/mol. The van der Waals surface area contributed by atoms with Gasteiger partial charge in [-0.1, -0.05) is 24.3 Å². The summed E-state index contributed by atoms with van der Waals surface area (Å²) in [4.78, 5) is 22.7. The van der Waals surface area contributed by atoms with E-state index in [-0.39, 0.29) is 6.03 Å². The van der Waals surface area contributed by atoms with Crippen LogP contribution in [0.25, 0.3) is 0 Å². The molecule has 0 spiro atoms. The molecule has 3 rings (SSSR count). The molecule has 2 amide bonds. The van der Waals surface area contributed by atoms with E-state index in [1.807, 2.05) is 53.2 Å². The Morgan fingerprint density at radius 2 is 1.96 bits per heavy atom. The summed E-state index contributed by atoms with van der Waals surface area (Å²) >= 11 is 0. The zero-order valence-electron chi connectivity index (χ0n) is 14.0. The highest BCUT2D eigenvalue weighted by Gasteiger charge is 2.14. The number of nitrogens with zero attached hydrogens (tertiary/aromatic N) is 4. The maximum Gasteiger partial charge on any atom is 0.322 e. The first-order chi connectivity index (χ1) is 12.3. The molecule has 0 atom stereocenters. The van der Waals surface area contributed by atoms with E-state index < -0.39 is 0 Å². The van der Waals surface area contributed by atoms with Crippen LogP contribution in [-0.4, -0.2) is 32.0 Å². The summed E-state index contributed by atoms with van der Waals surface area (Å²) in [5, 5.41) is 2.95. The molecule has 25 heavy (non-hydrogen) atoms. The number of amides is 2. The van der Waals surface area contributed by atoms with Crippen molar-refractivity contribution in [2.45, 2.75) is 19.5 Å². The molecular formula is C19H21N5O. The van der Waals surface area contributed by atoms with Crippen LogP contribution in [0.15, 0.2) is 73.6 Å². The topological polar surface area (TPSA) is 63.1 Å². The van der Waals surface area contributed by atoms with Gasteiger partial charge < -0.3 is 14.8 Å². The second-order valence-electron chi connectivity index (χ2n) is 5.73. The number of carbonyl (C=O) groups excluding carboxylic acids is 1. The Morgan fingerprint density at radius 1 is 1.08 bits per heavy atom. The van der Waals surface area contributed by atoms with Crippen LogP contribution < -0.4 is 5.32 Å². The van der Waals surface area contributed by atoms with E-state index in [9.17, 15) is 4.79 Å². The number of urea groups is 1. The maximum atomic E-state index is 12.7. The molecule has 6 heteroatoms. The molecule has 2 heterocycles. The van der Waals surface area contributed by atoms with Crippen molar-refractivity contribution in [3.63, 3.8) is 0 Å². The summed E-state index contributed by atoms with van der Waals surface area (Å²) in [6.45, 7) is 1.99. The van der Waals surface area contributed by atoms with Gasteiger partial charge in [0.05, 0.1) is 6.33 Å². The van der Waals surface area contributed by atoms with Crippen molar-refractivity contribution in [1.29, 1.82) is 0 Å². The molecular weight excluding hydrogens is 314 g/mol. The van der Waals surface area contributed by atoms with Crippen LogP contribution in [0.4, 0.5) is 10.5 Å². The molecule has 0 bridgehead atoms. The Hall–Kier alpha value is -3.15. The van der Waals surface area contributed by atoms with Crippen LogP contribution in [0.5, 0.6) is 0 Å². The second-order valence-corrected chi connectivity index (χ2v) is 5.73. The molecule has 1 N–H and O–H groups in total. The van der Waals surface area contributed by atoms with Crippen LogP contribution in [0, 0.1) is 0 Å². The third kappa shape index (κ3) is 5.17. The number of aromatic nitrogens is 3. The molecule has 1 aromatic carbocycles. The number of benzene rings is 1. The maximum absolute atomic E-state index is 12.7. The number of aryl methyl sites for hydroxylation is 1. The van der Waals surface area contributed by atoms with Crippen molar-refractivity contribution >= 4 is 11.7 Å². The number of anilines is 1. The highest BCUT2D eigenvalue weighted by molar-refractivity contribution is 5.89. The van der Waals surface area contributed by atoms with Crippen molar-refractivity contribution in [3.05, 3.63) is 79.1 Å². The lowest BCUT2D eigenvalue weighted by atomic mass is 10.2. The quantitative estimate of drug-likeness (QED) is 0.720. The zero-order chi connectivity index (χ0) is 17.3. The molecule has 2 aromatic heterocycles. The summed E-state index contributed by atoms with van der Waals surface area (Å²) in [6.07, 6.45) is 9.84. The summed E-state index contributed by atoms with van der Waals surface area (Å²) in [7, 11) is 0.